The van der Waals surface area contributed by atoms with Crippen LogP contribution in [0.25, 0.3) is 6.08 Å². The molecule has 12 heavy (non-hydrogen) atoms. The summed E-state index contributed by atoms with van der Waals surface area (Å²) in [6.45, 7) is 3.51. The maximum Gasteiger partial charge on any atom is 0.410 e. The van der Waals surface area contributed by atoms with E-state index in [0.29, 0.717) is 11.5 Å². The van der Waals surface area contributed by atoms with Crippen LogP contribution in [-0.2, 0) is 0 Å². The molecule has 2 N–H and O–H groups in total. The Morgan fingerprint density at radius 2 is 2.42 bits per heavy atom. The SMILES string of the molecule is C=Cc1cccc(NC(=O)O)n1. The first-order chi connectivity index (χ1) is 5.72. The number of carbonyl (C=O) groups is 1. The minimum Gasteiger partial charge on any atom is -0.465 e. The molecule has 0 aliphatic heterocycles. The van der Waals surface area contributed by atoms with Crippen LogP contribution in [-0.4, -0.2) is 16.2 Å². The van der Waals surface area contributed by atoms with E-state index >= 15 is 0 Å². The van der Waals surface area contributed by atoms with Gasteiger partial charge in [-0.25, -0.2) is 9.78 Å². The van der Waals surface area contributed by atoms with E-state index < -0.39 is 6.09 Å². The zero-order chi connectivity index (χ0) is 8.97. The van der Waals surface area contributed by atoms with Crippen LogP contribution in [0.2, 0.25) is 0 Å². The second kappa shape index (κ2) is 3.52. The van der Waals surface area contributed by atoms with Crippen molar-refractivity contribution < 1.29 is 9.90 Å². The number of rotatable bonds is 2. The highest BCUT2D eigenvalue weighted by Gasteiger charge is 1.97. The third-order valence-corrected chi connectivity index (χ3v) is 1.21. The van der Waals surface area contributed by atoms with Gasteiger partial charge in [-0.2, -0.15) is 0 Å². The molecule has 0 aliphatic carbocycles. The zero-order valence-corrected chi connectivity index (χ0v) is 6.32. The first-order valence-corrected chi connectivity index (χ1v) is 3.32. The van der Waals surface area contributed by atoms with Gasteiger partial charge in [-0.05, 0) is 18.2 Å². The van der Waals surface area contributed by atoms with E-state index in [4.69, 9.17) is 5.11 Å². The highest BCUT2D eigenvalue weighted by Crippen LogP contribution is 2.04. The number of nitrogens with zero attached hydrogens (tertiary/aromatic N) is 1. The van der Waals surface area contributed by atoms with Crippen LogP contribution in [0.4, 0.5) is 10.6 Å². The van der Waals surface area contributed by atoms with E-state index in [2.05, 4.69) is 16.9 Å². The van der Waals surface area contributed by atoms with Crippen molar-refractivity contribution >= 4 is 18.0 Å². The first-order valence-electron chi connectivity index (χ1n) is 3.32. The summed E-state index contributed by atoms with van der Waals surface area (Å²) in [6, 6.07) is 5.01. The molecule has 0 atom stereocenters. The maximum absolute atomic E-state index is 10.2. The number of pyridine rings is 1. The minimum atomic E-state index is -1.12. The summed E-state index contributed by atoms with van der Waals surface area (Å²) in [5.41, 5.74) is 0.640. The molecule has 0 aliphatic rings. The number of amides is 1. The Bertz CT molecular complexity index is 310. The van der Waals surface area contributed by atoms with Crippen LogP contribution in [0.1, 0.15) is 5.69 Å². The Labute approximate surface area is 69.6 Å². The van der Waals surface area contributed by atoms with Gasteiger partial charge in [0.2, 0.25) is 0 Å². The number of carboxylic acid groups (broad SMARTS) is 1. The average molecular weight is 164 g/mol. The maximum atomic E-state index is 10.2. The van der Waals surface area contributed by atoms with Gasteiger partial charge in [0.1, 0.15) is 5.82 Å². The average Bonchev–Trinajstić information content (AvgIpc) is 2.03. The number of aromatic nitrogens is 1. The highest BCUT2D eigenvalue weighted by atomic mass is 16.4. The van der Waals surface area contributed by atoms with Gasteiger partial charge >= 0.3 is 6.09 Å². The summed E-state index contributed by atoms with van der Waals surface area (Å²) < 4.78 is 0. The minimum absolute atomic E-state index is 0.305. The number of nitrogens with one attached hydrogen (secondary N) is 1. The lowest BCUT2D eigenvalue weighted by Crippen LogP contribution is -2.08. The van der Waals surface area contributed by atoms with Crippen LogP contribution >= 0.6 is 0 Å². The molecule has 0 aromatic carbocycles. The largest absolute Gasteiger partial charge is 0.465 e. The molecule has 4 heteroatoms. The predicted octanol–water partition coefficient (Wildman–Crippen LogP) is 1.81. The van der Waals surface area contributed by atoms with Crippen molar-refractivity contribution in [2.45, 2.75) is 0 Å². The van der Waals surface area contributed by atoms with Crippen LogP contribution in [0.15, 0.2) is 24.8 Å². The van der Waals surface area contributed by atoms with Gasteiger partial charge in [0.25, 0.3) is 0 Å². The summed E-state index contributed by atoms with van der Waals surface area (Å²) in [7, 11) is 0. The van der Waals surface area contributed by atoms with Gasteiger partial charge in [0.05, 0.1) is 5.69 Å². The smallest absolute Gasteiger partial charge is 0.410 e. The third kappa shape index (κ3) is 2.09. The van der Waals surface area contributed by atoms with Crippen molar-refractivity contribution in [1.82, 2.24) is 4.98 Å². The van der Waals surface area contributed by atoms with Gasteiger partial charge in [0.15, 0.2) is 0 Å². The molecule has 0 radical (unpaired) electrons. The molecule has 1 amide bonds. The van der Waals surface area contributed by atoms with E-state index in [1.807, 2.05) is 0 Å². The van der Waals surface area contributed by atoms with Crippen molar-refractivity contribution in [3.63, 3.8) is 0 Å². The van der Waals surface area contributed by atoms with Crippen LogP contribution in [0, 0.1) is 0 Å². The second-order valence-corrected chi connectivity index (χ2v) is 2.08. The summed E-state index contributed by atoms with van der Waals surface area (Å²) in [5, 5.41) is 10.5. The van der Waals surface area contributed by atoms with Crippen LogP contribution in [0.3, 0.4) is 0 Å². The number of hydrogen-bond donors (Lipinski definition) is 2. The van der Waals surface area contributed by atoms with E-state index in [1.54, 1.807) is 24.3 Å². The van der Waals surface area contributed by atoms with Gasteiger partial charge < -0.3 is 5.11 Å². The molecule has 0 spiro atoms. The Morgan fingerprint density at radius 1 is 1.67 bits per heavy atom. The van der Waals surface area contributed by atoms with Gasteiger partial charge in [-0.1, -0.05) is 12.6 Å². The van der Waals surface area contributed by atoms with Crippen LogP contribution in [0.5, 0.6) is 0 Å². The van der Waals surface area contributed by atoms with E-state index in [1.165, 1.54) is 0 Å². The topological polar surface area (TPSA) is 62.2 Å². The Hall–Kier alpha value is -1.84. The quantitative estimate of drug-likeness (QED) is 0.700. The van der Waals surface area contributed by atoms with Gasteiger partial charge in [-0.15, -0.1) is 0 Å². The molecule has 0 saturated heterocycles. The third-order valence-electron chi connectivity index (χ3n) is 1.21. The lowest BCUT2D eigenvalue weighted by Gasteiger charge is -1.99. The molecule has 0 bridgehead atoms. The molecular formula is C8H8N2O2. The monoisotopic (exact) mass is 164 g/mol. The van der Waals surface area contributed by atoms with Crippen molar-refractivity contribution in [2.75, 3.05) is 5.32 Å². The van der Waals surface area contributed by atoms with E-state index in [-0.39, 0.29) is 0 Å². The summed E-state index contributed by atoms with van der Waals surface area (Å²) in [5.74, 6) is 0.305. The fourth-order valence-electron chi connectivity index (χ4n) is 0.744. The predicted molar refractivity (Wildman–Crippen MR) is 46.0 cm³/mol. The fourth-order valence-corrected chi connectivity index (χ4v) is 0.744. The summed E-state index contributed by atoms with van der Waals surface area (Å²) in [4.78, 5) is 14.1. The molecule has 0 fully saturated rings. The molecule has 1 rings (SSSR count). The highest BCUT2D eigenvalue weighted by molar-refractivity contribution is 5.81. The van der Waals surface area contributed by atoms with Crippen molar-refractivity contribution in [2.24, 2.45) is 0 Å². The molecular weight excluding hydrogens is 156 g/mol. The number of hydrogen-bond acceptors (Lipinski definition) is 2. The lowest BCUT2D eigenvalue weighted by atomic mass is 10.3. The van der Waals surface area contributed by atoms with Crippen molar-refractivity contribution in [3.8, 4) is 0 Å². The Morgan fingerprint density at radius 3 is 3.00 bits per heavy atom. The van der Waals surface area contributed by atoms with Gasteiger partial charge in [-0.3, -0.25) is 5.32 Å². The van der Waals surface area contributed by atoms with E-state index in [0.717, 1.165) is 0 Å². The Kier molecular flexibility index (Phi) is 2.42. The van der Waals surface area contributed by atoms with Crippen molar-refractivity contribution in [1.29, 1.82) is 0 Å². The molecule has 4 nitrogen and oxygen atoms in total. The molecule has 0 saturated carbocycles. The number of anilines is 1. The summed E-state index contributed by atoms with van der Waals surface area (Å²) >= 11 is 0. The molecule has 1 aromatic heterocycles. The molecule has 1 heterocycles. The molecule has 1 aromatic rings. The second-order valence-electron chi connectivity index (χ2n) is 2.08. The van der Waals surface area contributed by atoms with Crippen LogP contribution < -0.4 is 5.32 Å². The summed E-state index contributed by atoms with van der Waals surface area (Å²) in [6.07, 6.45) is 0.427. The molecule has 0 unspecified atom stereocenters. The normalized spacial score (nSPS) is 9.00. The van der Waals surface area contributed by atoms with E-state index in [9.17, 15) is 4.79 Å². The van der Waals surface area contributed by atoms with Crippen molar-refractivity contribution in [3.05, 3.63) is 30.5 Å². The first kappa shape index (κ1) is 8.26. The molecule has 62 valence electrons. The standard InChI is InChI=1S/C8H8N2O2/c1-2-6-4-3-5-7(9-6)10-8(11)12/h2-5H,1H2,(H,9,10)(H,11,12). The fraction of sp³-hybridized carbons (Fsp3) is 0. The van der Waals surface area contributed by atoms with Gasteiger partial charge in [0, 0.05) is 0 Å². The Balaban J connectivity index is 2.86. The lowest BCUT2D eigenvalue weighted by molar-refractivity contribution is 0.209. The zero-order valence-electron chi connectivity index (χ0n) is 6.32.